The van der Waals surface area contributed by atoms with Crippen LogP contribution in [0.1, 0.15) is 6.42 Å². The third-order valence-electron chi connectivity index (χ3n) is 3.74. The first kappa shape index (κ1) is 18.0. The van der Waals surface area contributed by atoms with E-state index in [1.54, 1.807) is 0 Å². The summed E-state index contributed by atoms with van der Waals surface area (Å²) in [6, 6.07) is 7.44. The van der Waals surface area contributed by atoms with Gasteiger partial charge in [-0.3, -0.25) is 0 Å². The van der Waals surface area contributed by atoms with Gasteiger partial charge in [-0.15, -0.1) is 11.3 Å². The fraction of sp³-hybridized carbons (Fsp3) is 0.357. The number of hydrogen-bond donors (Lipinski definition) is 1. The van der Waals surface area contributed by atoms with E-state index in [9.17, 15) is 16.8 Å². The van der Waals surface area contributed by atoms with Gasteiger partial charge >= 0.3 is 0 Å². The van der Waals surface area contributed by atoms with E-state index in [2.05, 4.69) is 25.6 Å². The molecule has 1 aliphatic heterocycles. The van der Waals surface area contributed by atoms with Gasteiger partial charge in [-0.05, 0) is 24.5 Å². The highest BCUT2D eigenvalue weighted by atomic mass is 79.9. The number of thiazole rings is 1. The van der Waals surface area contributed by atoms with E-state index in [-0.39, 0.29) is 29.0 Å². The Morgan fingerprint density at radius 3 is 2.62 bits per heavy atom. The summed E-state index contributed by atoms with van der Waals surface area (Å²) >= 11 is 4.60. The molecule has 0 saturated carbocycles. The second kappa shape index (κ2) is 6.83. The average Bonchev–Trinajstić information content (AvgIpc) is 3.13. The van der Waals surface area contributed by atoms with E-state index in [4.69, 9.17) is 0 Å². The van der Waals surface area contributed by atoms with E-state index < -0.39 is 19.9 Å². The van der Waals surface area contributed by atoms with Crippen molar-refractivity contribution in [2.24, 2.45) is 5.92 Å². The lowest BCUT2D eigenvalue weighted by atomic mass is 10.1. The first-order valence-corrected chi connectivity index (χ1v) is 12.1. The van der Waals surface area contributed by atoms with Gasteiger partial charge in [0.05, 0.1) is 11.5 Å². The summed E-state index contributed by atoms with van der Waals surface area (Å²) in [4.78, 5) is 4.19. The van der Waals surface area contributed by atoms with Crippen LogP contribution >= 0.6 is 27.3 Å². The molecule has 2 aromatic rings. The highest BCUT2D eigenvalue weighted by molar-refractivity contribution is 9.10. The van der Waals surface area contributed by atoms with Crippen molar-refractivity contribution in [3.63, 3.8) is 0 Å². The molecule has 0 spiro atoms. The zero-order valence-electron chi connectivity index (χ0n) is 12.5. The number of sulfonamides is 1. The molecule has 0 aliphatic carbocycles. The van der Waals surface area contributed by atoms with Crippen LogP contribution in [0.15, 0.2) is 39.1 Å². The lowest BCUT2D eigenvalue weighted by molar-refractivity contribution is 0.541. The molecule has 3 rings (SSSR count). The molecule has 1 saturated heterocycles. The van der Waals surface area contributed by atoms with Crippen LogP contribution in [0.3, 0.4) is 0 Å². The SMILES string of the molecule is O=S1(=O)CCC(CNS(=O)(=O)c2csc(-c3ccc(Br)cc3)n2)C1. The Labute approximate surface area is 153 Å². The molecule has 1 atom stereocenters. The highest BCUT2D eigenvalue weighted by Crippen LogP contribution is 2.27. The standard InChI is InChI=1S/C14H15BrN2O4S3/c15-12-3-1-11(2-4-12)14-17-13(8-22-14)24(20,21)16-7-10-5-6-23(18,19)9-10/h1-4,8,10,16H,5-7,9H2. The molecule has 0 bridgehead atoms. The van der Waals surface area contributed by atoms with Crippen LogP contribution in [-0.4, -0.2) is 39.9 Å². The summed E-state index contributed by atoms with van der Waals surface area (Å²) in [6.45, 7) is 0.118. The number of halogens is 1. The van der Waals surface area contributed by atoms with E-state index in [0.29, 0.717) is 11.4 Å². The van der Waals surface area contributed by atoms with Gasteiger partial charge in [-0.1, -0.05) is 28.1 Å². The Hall–Kier alpha value is -0.810. The molecule has 10 heteroatoms. The van der Waals surface area contributed by atoms with Crippen LogP contribution in [0.4, 0.5) is 0 Å². The molecule has 0 amide bonds. The summed E-state index contributed by atoms with van der Waals surface area (Å²) in [5, 5.41) is 2.07. The van der Waals surface area contributed by atoms with Crippen molar-refractivity contribution >= 4 is 47.1 Å². The summed E-state index contributed by atoms with van der Waals surface area (Å²) < 4.78 is 50.9. The maximum absolute atomic E-state index is 12.3. The van der Waals surface area contributed by atoms with E-state index >= 15 is 0 Å². The van der Waals surface area contributed by atoms with Gasteiger partial charge in [0.15, 0.2) is 14.9 Å². The molecule has 1 N–H and O–H groups in total. The quantitative estimate of drug-likeness (QED) is 0.753. The van der Waals surface area contributed by atoms with Crippen LogP contribution in [0.25, 0.3) is 10.6 Å². The van der Waals surface area contributed by atoms with Crippen molar-refractivity contribution in [3.8, 4) is 10.6 Å². The van der Waals surface area contributed by atoms with Crippen LogP contribution in [0, 0.1) is 5.92 Å². The fourth-order valence-electron chi connectivity index (χ4n) is 2.44. The fourth-order valence-corrected chi connectivity index (χ4v) is 6.78. The van der Waals surface area contributed by atoms with Crippen molar-refractivity contribution in [2.45, 2.75) is 11.4 Å². The number of nitrogens with one attached hydrogen (secondary N) is 1. The lowest BCUT2D eigenvalue weighted by Gasteiger charge is -2.08. The minimum absolute atomic E-state index is 0.0359. The molecule has 130 valence electrons. The molecule has 2 heterocycles. The predicted octanol–water partition coefficient (Wildman–Crippen LogP) is 2.29. The molecular formula is C14H15BrN2O4S3. The van der Waals surface area contributed by atoms with Crippen LogP contribution in [-0.2, 0) is 19.9 Å². The molecule has 1 aromatic heterocycles. The zero-order chi connectivity index (χ0) is 17.4. The first-order valence-electron chi connectivity index (χ1n) is 7.17. The molecule has 24 heavy (non-hydrogen) atoms. The maximum atomic E-state index is 12.3. The Bertz CT molecular complexity index is 937. The van der Waals surface area contributed by atoms with Crippen LogP contribution < -0.4 is 4.72 Å². The Kier molecular flexibility index (Phi) is 5.12. The third kappa shape index (κ3) is 4.23. The van der Waals surface area contributed by atoms with Crippen LogP contribution in [0.2, 0.25) is 0 Å². The van der Waals surface area contributed by atoms with E-state index in [0.717, 1.165) is 10.0 Å². The number of rotatable bonds is 5. The van der Waals surface area contributed by atoms with Gasteiger partial charge in [0.2, 0.25) is 0 Å². The molecule has 1 fully saturated rings. The Morgan fingerprint density at radius 1 is 1.29 bits per heavy atom. The molecule has 1 aromatic carbocycles. The van der Waals surface area contributed by atoms with Crippen LogP contribution in [0.5, 0.6) is 0 Å². The Balaban J connectivity index is 1.70. The monoisotopic (exact) mass is 450 g/mol. The molecule has 0 radical (unpaired) electrons. The third-order valence-corrected chi connectivity index (χ3v) is 8.45. The average molecular weight is 451 g/mol. The van der Waals surface area contributed by atoms with Crippen molar-refractivity contribution in [1.82, 2.24) is 9.71 Å². The lowest BCUT2D eigenvalue weighted by Crippen LogP contribution is -2.30. The smallest absolute Gasteiger partial charge is 0.229 e. The summed E-state index contributed by atoms with van der Waals surface area (Å²) in [6.07, 6.45) is 0.492. The van der Waals surface area contributed by atoms with Gasteiger partial charge in [-0.25, -0.2) is 26.5 Å². The first-order chi connectivity index (χ1) is 11.3. The number of sulfone groups is 1. The van der Waals surface area contributed by atoms with Gasteiger partial charge in [0, 0.05) is 22.0 Å². The maximum Gasteiger partial charge on any atom is 0.258 e. The van der Waals surface area contributed by atoms with Crippen molar-refractivity contribution < 1.29 is 16.8 Å². The molecule has 1 unspecified atom stereocenters. The number of hydrogen-bond acceptors (Lipinski definition) is 6. The van der Waals surface area contributed by atoms with E-state index in [1.165, 1.54) is 16.7 Å². The van der Waals surface area contributed by atoms with Gasteiger partial charge in [0.25, 0.3) is 10.0 Å². The molecular weight excluding hydrogens is 436 g/mol. The number of nitrogens with zero attached hydrogens (tertiary/aromatic N) is 1. The van der Waals surface area contributed by atoms with E-state index in [1.807, 2.05) is 24.3 Å². The number of aromatic nitrogens is 1. The zero-order valence-corrected chi connectivity index (χ0v) is 16.5. The molecule has 1 aliphatic rings. The summed E-state index contributed by atoms with van der Waals surface area (Å²) in [5.74, 6) is -0.00469. The highest BCUT2D eigenvalue weighted by Gasteiger charge is 2.29. The Morgan fingerprint density at radius 2 is 2.00 bits per heavy atom. The largest absolute Gasteiger partial charge is 0.258 e. The van der Waals surface area contributed by atoms with Crippen molar-refractivity contribution in [2.75, 3.05) is 18.1 Å². The predicted molar refractivity (Wildman–Crippen MR) is 97.2 cm³/mol. The number of benzene rings is 1. The second-order valence-electron chi connectivity index (χ2n) is 5.62. The van der Waals surface area contributed by atoms with Gasteiger partial charge < -0.3 is 0 Å². The van der Waals surface area contributed by atoms with Gasteiger partial charge in [0.1, 0.15) is 5.01 Å². The topological polar surface area (TPSA) is 93.2 Å². The molecule has 6 nitrogen and oxygen atoms in total. The summed E-state index contributed by atoms with van der Waals surface area (Å²) in [5.41, 5.74) is 0.839. The van der Waals surface area contributed by atoms with Gasteiger partial charge in [-0.2, -0.15) is 0 Å². The summed E-state index contributed by atoms with van der Waals surface area (Å²) in [7, 11) is -6.75. The van der Waals surface area contributed by atoms with Crippen molar-refractivity contribution in [3.05, 3.63) is 34.1 Å². The normalized spacial score (nSPS) is 20.3. The van der Waals surface area contributed by atoms with Crippen molar-refractivity contribution in [1.29, 1.82) is 0 Å². The minimum Gasteiger partial charge on any atom is -0.229 e. The second-order valence-corrected chi connectivity index (χ2v) is 11.3. The minimum atomic E-state index is -3.74.